The van der Waals surface area contributed by atoms with E-state index in [1.54, 1.807) is 36.2 Å². The number of nitrogens with zero attached hydrogens (tertiary/aromatic N) is 4. The Hall–Kier alpha value is -2.58. The third-order valence-corrected chi connectivity index (χ3v) is 5.43. The Morgan fingerprint density at radius 1 is 1.36 bits per heavy atom. The van der Waals surface area contributed by atoms with Gasteiger partial charge in [-0.3, -0.25) is 9.78 Å². The Balaban J connectivity index is 1.56. The van der Waals surface area contributed by atoms with Gasteiger partial charge in [-0.05, 0) is 38.3 Å². The lowest BCUT2D eigenvalue weighted by atomic mass is 9.94. The van der Waals surface area contributed by atoms with Crippen LogP contribution in [0, 0.1) is 0 Å². The number of anilines is 1. The van der Waals surface area contributed by atoms with Gasteiger partial charge in [-0.25, -0.2) is 4.68 Å². The van der Waals surface area contributed by atoms with Crippen LogP contribution in [-0.2, 0) is 0 Å². The number of aromatic nitrogens is 3. The molecule has 1 unspecified atom stereocenters. The normalized spacial score (nSPS) is 25.1. The lowest BCUT2D eigenvalue weighted by Crippen LogP contribution is -2.39. The summed E-state index contributed by atoms with van der Waals surface area (Å²) in [6, 6.07) is 3.23. The molecule has 9 heteroatoms. The number of rotatable bonds is 2. The Bertz CT molecular complexity index is 851. The molecule has 1 fully saturated rings. The van der Waals surface area contributed by atoms with Crippen molar-refractivity contribution in [3.8, 4) is 0 Å². The summed E-state index contributed by atoms with van der Waals surface area (Å²) in [6.45, 7) is 2.80. The van der Waals surface area contributed by atoms with Crippen LogP contribution in [0.15, 0.2) is 30.6 Å². The van der Waals surface area contributed by atoms with E-state index in [9.17, 15) is 18.0 Å². The highest BCUT2D eigenvalue weighted by Gasteiger charge is 2.45. The Labute approximate surface area is 160 Å². The molecule has 3 atom stereocenters. The average molecular weight is 393 g/mol. The summed E-state index contributed by atoms with van der Waals surface area (Å²) in [5, 5.41) is 7.40. The van der Waals surface area contributed by atoms with E-state index in [0.717, 1.165) is 17.5 Å². The molecular weight excluding hydrogens is 371 g/mol. The van der Waals surface area contributed by atoms with Gasteiger partial charge in [-0.15, -0.1) is 0 Å². The number of nitrogens with one attached hydrogen (secondary N) is 1. The number of amides is 1. The fourth-order valence-electron chi connectivity index (χ4n) is 4.05. The van der Waals surface area contributed by atoms with Gasteiger partial charge >= 0.3 is 6.18 Å². The molecule has 2 aliphatic rings. The van der Waals surface area contributed by atoms with Gasteiger partial charge in [0.05, 0.1) is 11.3 Å². The van der Waals surface area contributed by atoms with Gasteiger partial charge in [0, 0.05) is 43.5 Å². The fraction of sp³-hybridized carbons (Fsp3) is 0.526. The molecule has 2 aromatic rings. The number of hydrogen-bond donors (Lipinski definition) is 1. The molecule has 2 aliphatic heterocycles. The largest absolute Gasteiger partial charge is 0.410 e. The average Bonchev–Trinajstić information content (AvgIpc) is 3.10. The maximum absolute atomic E-state index is 13.5. The van der Waals surface area contributed by atoms with E-state index in [4.69, 9.17) is 0 Å². The highest BCUT2D eigenvalue weighted by atomic mass is 19.4. The number of halogens is 3. The number of pyridine rings is 1. The van der Waals surface area contributed by atoms with E-state index in [1.807, 2.05) is 0 Å². The SMILES string of the molecule is C[C@@H]1C[C@H](C(F)(F)F)n2nc(C3CCCN(C(=O)c4cccnc4)C3)cc2N1. The van der Waals surface area contributed by atoms with E-state index in [2.05, 4.69) is 15.4 Å². The van der Waals surface area contributed by atoms with Crippen molar-refractivity contribution in [1.29, 1.82) is 0 Å². The molecule has 0 aliphatic carbocycles. The summed E-state index contributed by atoms with van der Waals surface area (Å²) in [4.78, 5) is 18.4. The van der Waals surface area contributed by atoms with Crippen LogP contribution < -0.4 is 5.32 Å². The number of carbonyl (C=O) groups is 1. The number of hydrogen-bond acceptors (Lipinski definition) is 4. The van der Waals surface area contributed by atoms with Crippen LogP contribution in [-0.4, -0.2) is 50.9 Å². The maximum atomic E-state index is 13.5. The van der Waals surface area contributed by atoms with Gasteiger partial charge < -0.3 is 10.2 Å². The second-order valence-electron chi connectivity index (χ2n) is 7.57. The minimum Gasteiger partial charge on any atom is -0.368 e. The van der Waals surface area contributed by atoms with Crippen molar-refractivity contribution >= 4 is 11.7 Å². The minimum atomic E-state index is -4.34. The first kappa shape index (κ1) is 18.8. The molecule has 1 N–H and O–H groups in total. The van der Waals surface area contributed by atoms with E-state index in [1.165, 1.54) is 6.20 Å². The molecule has 4 rings (SSSR count). The summed E-state index contributed by atoms with van der Waals surface area (Å²) in [5.74, 6) is 0.201. The molecule has 28 heavy (non-hydrogen) atoms. The highest BCUT2D eigenvalue weighted by molar-refractivity contribution is 5.94. The van der Waals surface area contributed by atoms with Crippen molar-refractivity contribution in [2.24, 2.45) is 0 Å². The van der Waals surface area contributed by atoms with Crippen molar-refractivity contribution in [2.75, 3.05) is 18.4 Å². The summed E-state index contributed by atoms with van der Waals surface area (Å²) in [5.41, 5.74) is 1.12. The highest BCUT2D eigenvalue weighted by Crippen LogP contribution is 2.40. The van der Waals surface area contributed by atoms with E-state index >= 15 is 0 Å². The first-order valence-corrected chi connectivity index (χ1v) is 9.45. The van der Waals surface area contributed by atoms with Gasteiger partial charge in [0.2, 0.25) is 0 Å². The van der Waals surface area contributed by atoms with Gasteiger partial charge in [-0.2, -0.15) is 18.3 Å². The van der Waals surface area contributed by atoms with Gasteiger partial charge in [0.1, 0.15) is 5.82 Å². The van der Waals surface area contributed by atoms with Gasteiger partial charge in [0.15, 0.2) is 6.04 Å². The molecule has 0 bridgehead atoms. The zero-order valence-corrected chi connectivity index (χ0v) is 15.5. The summed E-state index contributed by atoms with van der Waals surface area (Å²) in [7, 11) is 0. The van der Waals surface area contributed by atoms with Crippen molar-refractivity contribution < 1.29 is 18.0 Å². The molecule has 1 saturated heterocycles. The predicted octanol–water partition coefficient (Wildman–Crippen LogP) is 3.61. The van der Waals surface area contributed by atoms with Crippen LogP contribution in [0.1, 0.15) is 54.2 Å². The van der Waals surface area contributed by atoms with Crippen LogP contribution in [0.4, 0.5) is 19.0 Å². The Morgan fingerprint density at radius 3 is 2.89 bits per heavy atom. The smallest absolute Gasteiger partial charge is 0.368 e. The molecule has 0 saturated carbocycles. The van der Waals surface area contributed by atoms with Crippen molar-refractivity contribution in [1.82, 2.24) is 19.7 Å². The predicted molar refractivity (Wildman–Crippen MR) is 97.1 cm³/mol. The number of likely N-dealkylation sites (tertiary alicyclic amines) is 1. The number of piperidine rings is 1. The fourth-order valence-corrected chi connectivity index (χ4v) is 4.05. The van der Waals surface area contributed by atoms with Gasteiger partial charge in [-0.1, -0.05) is 0 Å². The monoisotopic (exact) mass is 393 g/mol. The van der Waals surface area contributed by atoms with Crippen molar-refractivity contribution in [2.45, 2.75) is 50.4 Å². The van der Waals surface area contributed by atoms with Crippen LogP contribution in [0.2, 0.25) is 0 Å². The molecule has 2 aromatic heterocycles. The lowest BCUT2D eigenvalue weighted by Gasteiger charge is -2.32. The molecule has 4 heterocycles. The first-order valence-electron chi connectivity index (χ1n) is 9.45. The molecule has 1 amide bonds. The maximum Gasteiger partial charge on any atom is 0.410 e. The first-order chi connectivity index (χ1) is 13.3. The standard InChI is InChI=1S/C19H22F3N5O/c1-12-8-16(19(20,21)22)27-17(24-12)9-15(25-27)14-5-3-7-26(11-14)18(28)13-4-2-6-23-10-13/h2,4,6,9-10,12,14,16,24H,3,5,7-8,11H2,1H3/t12-,14?,16-/m1/s1. The van der Waals surface area contributed by atoms with Crippen molar-refractivity contribution in [3.05, 3.63) is 41.9 Å². The third-order valence-electron chi connectivity index (χ3n) is 5.43. The van der Waals surface area contributed by atoms with Crippen LogP contribution in [0.5, 0.6) is 0 Å². The minimum absolute atomic E-state index is 0.0477. The second-order valence-corrected chi connectivity index (χ2v) is 7.57. The Kier molecular flexibility index (Phi) is 4.76. The summed E-state index contributed by atoms with van der Waals surface area (Å²) < 4.78 is 41.4. The lowest BCUT2D eigenvalue weighted by molar-refractivity contribution is -0.173. The van der Waals surface area contributed by atoms with E-state index in [0.29, 0.717) is 30.2 Å². The Morgan fingerprint density at radius 2 is 2.18 bits per heavy atom. The number of fused-ring (bicyclic) bond motifs is 1. The zero-order chi connectivity index (χ0) is 19.9. The number of carbonyl (C=O) groups excluding carboxylic acids is 1. The molecule has 0 aromatic carbocycles. The second kappa shape index (κ2) is 7.10. The van der Waals surface area contributed by atoms with E-state index < -0.39 is 12.2 Å². The van der Waals surface area contributed by atoms with Crippen LogP contribution in [0.25, 0.3) is 0 Å². The third kappa shape index (κ3) is 3.57. The summed E-state index contributed by atoms with van der Waals surface area (Å²) in [6.07, 6.45) is 0.319. The molecule has 6 nitrogen and oxygen atoms in total. The number of alkyl halides is 3. The van der Waals surface area contributed by atoms with Gasteiger partial charge in [0.25, 0.3) is 5.91 Å². The molecule has 0 spiro atoms. The quantitative estimate of drug-likeness (QED) is 0.847. The van der Waals surface area contributed by atoms with Crippen LogP contribution in [0.3, 0.4) is 0 Å². The van der Waals surface area contributed by atoms with Crippen molar-refractivity contribution in [3.63, 3.8) is 0 Å². The topological polar surface area (TPSA) is 63.1 Å². The molecule has 0 radical (unpaired) electrons. The zero-order valence-electron chi connectivity index (χ0n) is 15.5. The van der Waals surface area contributed by atoms with E-state index in [-0.39, 0.29) is 24.3 Å². The molecule has 150 valence electrons. The van der Waals surface area contributed by atoms with Crippen LogP contribution >= 0.6 is 0 Å². The summed E-state index contributed by atoms with van der Waals surface area (Å²) >= 11 is 0. The molecular formula is C19H22F3N5O.